The summed E-state index contributed by atoms with van der Waals surface area (Å²) >= 11 is 0. The molecule has 80 valence electrons. The lowest BCUT2D eigenvalue weighted by Crippen LogP contribution is -2.32. The van der Waals surface area contributed by atoms with Crippen molar-refractivity contribution in [1.82, 2.24) is 5.32 Å². The molecule has 0 saturated heterocycles. The molecule has 0 amide bonds. The second kappa shape index (κ2) is 8.55. The van der Waals surface area contributed by atoms with Gasteiger partial charge in [0, 0.05) is 6.04 Å². The maximum absolute atomic E-state index is 3.59. The number of hydrogen-bond acceptors (Lipinski definition) is 1. The smallest absolute Gasteiger partial charge is 0.00642 e. The zero-order valence-corrected chi connectivity index (χ0v) is 9.90. The molecule has 0 spiro atoms. The largest absolute Gasteiger partial charge is 0.314 e. The molecule has 0 saturated carbocycles. The summed E-state index contributed by atoms with van der Waals surface area (Å²) < 4.78 is 0. The lowest BCUT2D eigenvalue weighted by atomic mass is 10.0. The Morgan fingerprint density at radius 2 is 1.69 bits per heavy atom. The summed E-state index contributed by atoms with van der Waals surface area (Å²) in [4.78, 5) is 0. The van der Waals surface area contributed by atoms with Crippen molar-refractivity contribution in [1.29, 1.82) is 0 Å². The minimum Gasteiger partial charge on any atom is -0.314 e. The van der Waals surface area contributed by atoms with Crippen LogP contribution in [0.5, 0.6) is 0 Å². The first-order valence-electron chi connectivity index (χ1n) is 5.95. The van der Waals surface area contributed by atoms with Gasteiger partial charge in [-0.25, -0.2) is 0 Å². The van der Waals surface area contributed by atoms with Crippen LogP contribution in [0.15, 0.2) is 0 Å². The number of hydrogen-bond donors (Lipinski definition) is 1. The monoisotopic (exact) mass is 185 g/mol. The van der Waals surface area contributed by atoms with Gasteiger partial charge in [0.1, 0.15) is 0 Å². The van der Waals surface area contributed by atoms with Crippen molar-refractivity contribution in [3.63, 3.8) is 0 Å². The molecule has 1 nitrogen and oxygen atoms in total. The van der Waals surface area contributed by atoms with E-state index >= 15 is 0 Å². The zero-order chi connectivity index (χ0) is 10.1. The molecule has 0 rings (SSSR count). The third-order valence-electron chi connectivity index (χ3n) is 2.99. The third kappa shape index (κ3) is 7.06. The zero-order valence-electron chi connectivity index (χ0n) is 9.90. The maximum atomic E-state index is 3.59. The van der Waals surface area contributed by atoms with Gasteiger partial charge in [0.15, 0.2) is 0 Å². The van der Waals surface area contributed by atoms with E-state index in [1.54, 1.807) is 0 Å². The average molecular weight is 185 g/mol. The lowest BCUT2D eigenvalue weighted by Gasteiger charge is -2.19. The molecule has 0 aliphatic carbocycles. The highest BCUT2D eigenvalue weighted by atomic mass is 14.9. The SMILES string of the molecule is CCCCCCN[C@H](C)[C@@H](C)CC. The molecule has 0 aromatic heterocycles. The Morgan fingerprint density at radius 1 is 1.00 bits per heavy atom. The van der Waals surface area contributed by atoms with Crippen LogP contribution >= 0.6 is 0 Å². The second-order valence-electron chi connectivity index (χ2n) is 4.19. The van der Waals surface area contributed by atoms with Gasteiger partial charge in [-0.15, -0.1) is 0 Å². The Bertz CT molecular complexity index is 101. The normalized spacial score (nSPS) is 15.7. The fourth-order valence-corrected chi connectivity index (χ4v) is 1.44. The molecule has 0 radical (unpaired) electrons. The number of rotatable bonds is 8. The lowest BCUT2D eigenvalue weighted by molar-refractivity contribution is 0.386. The Hall–Kier alpha value is -0.0400. The fourth-order valence-electron chi connectivity index (χ4n) is 1.44. The highest BCUT2D eigenvalue weighted by Crippen LogP contribution is 2.06. The van der Waals surface area contributed by atoms with Gasteiger partial charge in [0.2, 0.25) is 0 Å². The van der Waals surface area contributed by atoms with E-state index < -0.39 is 0 Å². The van der Waals surface area contributed by atoms with Crippen LogP contribution in [-0.4, -0.2) is 12.6 Å². The van der Waals surface area contributed by atoms with E-state index in [9.17, 15) is 0 Å². The second-order valence-corrected chi connectivity index (χ2v) is 4.19. The standard InChI is InChI=1S/C12H27N/c1-5-7-8-9-10-13-12(4)11(3)6-2/h11-13H,5-10H2,1-4H3/t11-,12+/m0/s1. The van der Waals surface area contributed by atoms with Gasteiger partial charge in [0.25, 0.3) is 0 Å². The van der Waals surface area contributed by atoms with Crippen molar-refractivity contribution in [3.8, 4) is 0 Å². The topological polar surface area (TPSA) is 12.0 Å². The summed E-state index contributed by atoms with van der Waals surface area (Å²) in [6.45, 7) is 10.3. The highest BCUT2D eigenvalue weighted by Gasteiger charge is 2.07. The van der Waals surface area contributed by atoms with Crippen LogP contribution in [0.2, 0.25) is 0 Å². The van der Waals surface area contributed by atoms with Crippen LogP contribution in [-0.2, 0) is 0 Å². The third-order valence-corrected chi connectivity index (χ3v) is 2.99. The summed E-state index contributed by atoms with van der Waals surface area (Å²) in [5, 5.41) is 3.59. The van der Waals surface area contributed by atoms with Gasteiger partial charge in [0.05, 0.1) is 0 Å². The van der Waals surface area contributed by atoms with Gasteiger partial charge in [-0.1, -0.05) is 46.5 Å². The van der Waals surface area contributed by atoms with Gasteiger partial charge >= 0.3 is 0 Å². The molecule has 0 unspecified atom stereocenters. The molecule has 1 heteroatoms. The first-order valence-corrected chi connectivity index (χ1v) is 5.95. The van der Waals surface area contributed by atoms with E-state index in [0.717, 1.165) is 5.92 Å². The van der Waals surface area contributed by atoms with E-state index in [1.807, 2.05) is 0 Å². The summed E-state index contributed by atoms with van der Waals surface area (Å²) in [5.41, 5.74) is 0. The minimum absolute atomic E-state index is 0.687. The molecular weight excluding hydrogens is 158 g/mol. The quantitative estimate of drug-likeness (QED) is 0.570. The predicted molar refractivity (Wildman–Crippen MR) is 61.1 cm³/mol. The molecule has 2 atom stereocenters. The fraction of sp³-hybridized carbons (Fsp3) is 1.00. The molecule has 1 N–H and O–H groups in total. The van der Waals surface area contributed by atoms with Gasteiger partial charge < -0.3 is 5.32 Å². The molecule has 13 heavy (non-hydrogen) atoms. The molecule has 0 bridgehead atoms. The van der Waals surface area contributed by atoms with Crippen molar-refractivity contribution in [3.05, 3.63) is 0 Å². The van der Waals surface area contributed by atoms with Crippen molar-refractivity contribution in [2.45, 2.75) is 65.8 Å². The number of nitrogens with one attached hydrogen (secondary N) is 1. The molecule has 0 aromatic rings. The van der Waals surface area contributed by atoms with Crippen molar-refractivity contribution >= 4 is 0 Å². The van der Waals surface area contributed by atoms with E-state index in [-0.39, 0.29) is 0 Å². The Labute approximate surface area is 84.3 Å². The van der Waals surface area contributed by atoms with Crippen LogP contribution in [0, 0.1) is 5.92 Å². The highest BCUT2D eigenvalue weighted by molar-refractivity contribution is 4.66. The van der Waals surface area contributed by atoms with E-state index in [1.165, 1.54) is 38.6 Å². The van der Waals surface area contributed by atoms with Crippen molar-refractivity contribution in [2.24, 2.45) is 5.92 Å². The molecule has 0 aliphatic rings. The summed E-state index contributed by atoms with van der Waals surface area (Å²) in [6.07, 6.45) is 6.73. The summed E-state index contributed by atoms with van der Waals surface area (Å²) in [5.74, 6) is 0.811. The van der Waals surface area contributed by atoms with Gasteiger partial charge in [-0.05, 0) is 25.8 Å². The van der Waals surface area contributed by atoms with Crippen LogP contribution < -0.4 is 5.32 Å². The molecular formula is C12H27N. The first-order chi connectivity index (χ1) is 6.22. The van der Waals surface area contributed by atoms with E-state index in [2.05, 4.69) is 33.0 Å². The summed E-state index contributed by atoms with van der Waals surface area (Å²) in [7, 11) is 0. The van der Waals surface area contributed by atoms with Crippen molar-refractivity contribution in [2.75, 3.05) is 6.54 Å². The minimum atomic E-state index is 0.687. The van der Waals surface area contributed by atoms with Crippen LogP contribution in [0.25, 0.3) is 0 Å². The van der Waals surface area contributed by atoms with Gasteiger partial charge in [-0.2, -0.15) is 0 Å². The molecule has 0 aromatic carbocycles. The van der Waals surface area contributed by atoms with Gasteiger partial charge in [-0.3, -0.25) is 0 Å². The van der Waals surface area contributed by atoms with E-state index in [4.69, 9.17) is 0 Å². The Morgan fingerprint density at radius 3 is 2.23 bits per heavy atom. The maximum Gasteiger partial charge on any atom is 0.00642 e. The molecule has 0 aliphatic heterocycles. The van der Waals surface area contributed by atoms with Crippen LogP contribution in [0.4, 0.5) is 0 Å². The van der Waals surface area contributed by atoms with Crippen LogP contribution in [0.1, 0.15) is 59.8 Å². The Kier molecular flexibility index (Phi) is 8.53. The number of unbranched alkanes of at least 4 members (excludes halogenated alkanes) is 3. The summed E-state index contributed by atoms with van der Waals surface area (Å²) in [6, 6.07) is 0.687. The molecule has 0 heterocycles. The van der Waals surface area contributed by atoms with E-state index in [0.29, 0.717) is 6.04 Å². The predicted octanol–water partition coefficient (Wildman–Crippen LogP) is 3.59. The van der Waals surface area contributed by atoms with Crippen LogP contribution in [0.3, 0.4) is 0 Å². The first kappa shape index (κ1) is 13.0. The Balaban J connectivity index is 3.21. The average Bonchev–Trinajstić information content (AvgIpc) is 2.16. The van der Waals surface area contributed by atoms with Crippen molar-refractivity contribution < 1.29 is 0 Å². The molecule has 0 fully saturated rings.